The van der Waals surface area contributed by atoms with Crippen molar-refractivity contribution < 1.29 is 9.53 Å². The van der Waals surface area contributed by atoms with Gasteiger partial charge >= 0.3 is 0 Å². The number of para-hydroxylation sites is 1. The quantitative estimate of drug-likeness (QED) is 0.660. The maximum Gasteiger partial charge on any atom is 0.256 e. The van der Waals surface area contributed by atoms with E-state index in [4.69, 9.17) is 4.74 Å². The average molecular weight is 392 g/mol. The summed E-state index contributed by atoms with van der Waals surface area (Å²) in [6.07, 6.45) is 2.88. The van der Waals surface area contributed by atoms with E-state index >= 15 is 0 Å². The highest BCUT2D eigenvalue weighted by atomic mass is 16.5. The van der Waals surface area contributed by atoms with Crippen LogP contribution in [0.5, 0.6) is 5.75 Å². The van der Waals surface area contributed by atoms with Crippen LogP contribution in [0.4, 0.5) is 0 Å². The van der Waals surface area contributed by atoms with E-state index in [-0.39, 0.29) is 11.9 Å². The third-order valence-corrected chi connectivity index (χ3v) is 5.96. The molecule has 0 aliphatic carbocycles. The van der Waals surface area contributed by atoms with E-state index in [0.717, 1.165) is 48.3 Å². The first-order chi connectivity index (χ1) is 14.0. The number of ether oxygens (including phenoxy) is 1. The zero-order valence-corrected chi connectivity index (χ0v) is 17.7. The smallest absolute Gasteiger partial charge is 0.256 e. The first-order valence-corrected chi connectivity index (χ1v) is 10.2. The number of benzene rings is 2. The van der Waals surface area contributed by atoms with Crippen molar-refractivity contribution in [2.45, 2.75) is 25.9 Å². The number of hydrogen-bond acceptors (Lipinski definition) is 3. The van der Waals surface area contributed by atoms with E-state index < -0.39 is 0 Å². The van der Waals surface area contributed by atoms with Crippen molar-refractivity contribution in [3.8, 4) is 5.75 Å². The van der Waals surface area contributed by atoms with Gasteiger partial charge in [0.25, 0.3) is 5.91 Å². The molecule has 2 heterocycles. The summed E-state index contributed by atoms with van der Waals surface area (Å²) in [7, 11) is 5.83. The lowest BCUT2D eigenvalue weighted by Gasteiger charge is -2.35. The second-order valence-electron chi connectivity index (χ2n) is 8.05. The highest BCUT2D eigenvalue weighted by Gasteiger charge is 2.30. The minimum Gasteiger partial charge on any atom is -0.497 e. The number of nitrogens with zero attached hydrogens (tertiary/aromatic N) is 3. The molecule has 5 heteroatoms. The Morgan fingerprint density at radius 3 is 2.76 bits per heavy atom. The lowest BCUT2D eigenvalue weighted by atomic mass is 9.92. The van der Waals surface area contributed by atoms with Gasteiger partial charge in [0.2, 0.25) is 0 Å². The summed E-state index contributed by atoms with van der Waals surface area (Å²) in [4.78, 5) is 17.8. The van der Waals surface area contributed by atoms with Gasteiger partial charge in [0.05, 0.1) is 18.7 Å². The van der Waals surface area contributed by atoms with E-state index in [2.05, 4.69) is 54.8 Å². The fourth-order valence-electron chi connectivity index (χ4n) is 4.28. The lowest BCUT2D eigenvalue weighted by molar-refractivity contribution is 0.0679. The fraction of sp³-hybridized carbons (Fsp3) is 0.375. The minimum absolute atomic E-state index is 0.0426. The average Bonchev–Trinajstić information content (AvgIpc) is 3.10. The predicted molar refractivity (Wildman–Crippen MR) is 117 cm³/mol. The van der Waals surface area contributed by atoms with Crippen LogP contribution >= 0.6 is 0 Å². The molecule has 1 aliphatic heterocycles. The zero-order valence-electron chi connectivity index (χ0n) is 17.7. The second kappa shape index (κ2) is 7.91. The number of rotatable bonds is 5. The molecule has 0 radical (unpaired) electrons. The Morgan fingerprint density at radius 1 is 1.21 bits per heavy atom. The summed E-state index contributed by atoms with van der Waals surface area (Å²) in [5.41, 5.74) is 4.40. The highest BCUT2D eigenvalue weighted by Crippen LogP contribution is 2.34. The molecular weight excluding hydrogens is 362 g/mol. The maximum absolute atomic E-state index is 13.6. The second-order valence-corrected chi connectivity index (χ2v) is 8.05. The molecule has 0 saturated carbocycles. The molecule has 4 rings (SSSR count). The maximum atomic E-state index is 13.6. The monoisotopic (exact) mass is 391 g/mol. The molecule has 5 nitrogen and oxygen atoms in total. The van der Waals surface area contributed by atoms with Crippen LogP contribution in [-0.2, 0) is 13.0 Å². The molecule has 0 fully saturated rings. The van der Waals surface area contributed by atoms with Gasteiger partial charge in [0, 0.05) is 36.7 Å². The number of amides is 1. The van der Waals surface area contributed by atoms with Crippen molar-refractivity contribution in [3.05, 3.63) is 65.4 Å². The molecule has 0 saturated heterocycles. The van der Waals surface area contributed by atoms with Gasteiger partial charge < -0.3 is 19.1 Å². The molecule has 29 heavy (non-hydrogen) atoms. The van der Waals surface area contributed by atoms with E-state index in [1.807, 2.05) is 29.3 Å². The van der Waals surface area contributed by atoms with Gasteiger partial charge in [-0.05, 0) is 56.8 Å². The summed E-state index contributed by atoms with van der Waals surface area (Å²) in [6.45, 7) is 4.63. The van der Waals surface area contributed by atoms with Gasteiger partial charge in [-0.3, -0.25) is 4.79 Å². The summed E-state index contributed by atoms with van der Waals surface area (Å²) in [6, 6.07) is 14.4. The topological polar surface area (TPSA) is 37.7 Å². The molecule has 1 amide bonds. The molecule has 152 valence electrons. The van der Waals surface area contributed by atoms with E-state index in [0.29, 0.717) is 0 Å². The molecule has 1 aromatic heterocycles. The summed E-state index contributed by atoms with van der Waals surface area (Å²) in [5, 5.41) is 1.03. The van der Waals surface area contributed by atoms with Crippen LogP contribution in [0.15, 0.2) is 48.7 Å². The molecular formula is C24H29N3O2. The van der Waals surface area contributed by atoms with Crippen LogP contribution < -0.4 is 4.74 Å². The lowest BCUT2D eigenvalue weighted by Crippen LogP contribution is -2.38. The van der Waals surface area contributed by atoms with Gasteiger partial charge in [-0.15, -0.1) is 0 Å². The van der Waals surface area contributed by atoms with Crippen molar-refractivity contribution in [2.75, 3.05) is 34.3 Å². The largest absolute Gasteiger partial charge is 0.497 e. The molecule has 1 atom stereocenters. The Hall–Kier alpha value is -2.79. The normalized spacial score (nSPS) is 16.3. The number of fused-ring (bicyclic) bond motifs is 2. The van der Waals surface area contributed by atoms with Crippen LogP contribution in [0.25, 0.3) is 10.9 Å². The highest BCUT2D eigenvalue weighted by molar-refractivity contribution is 6.07. The third kappa shape index (κ3) is 3.62. The number of aromatic nitrogens is 1. The Kier molecular flexibility index (Phi) is 5.33. The molecule has 0 bridgehead atoms. The van der Waals surface area contributed by atoms with Gasteiger partial charge in [-0.25, -0.2) is 0 Å². The van der Waals surface area contributed by atoms with Gasteiger partial charge in [-0.2, -0.15) is 0 Å². The van der Waals surface area contributed by atoms with Crippen molar-refractivity contribution in [1.82, 2.24) is 14.4 Å². The van der Waals surface area contributed by atoms with Crippen molar-refractivity contribution in [3.63, 3.8) is 0 Å². The molecule has 1 unspecified atom stereocenters. The third-order valence-electron chi connectivity index (χ3n) is 5.96. The van der Waals surface area contributed by atoms with Crippen LogP contribution in [0.3, 0.4) is 0 Å². The Bertz CT molecular complexity index is 1040. The number of carbonyl (C=O) groups is 1. The number of likely N-dealkylation sites (N-methyl/N-ethyl adjacent to an activating group) is 1. The fourth-order valence-corrected chi connectivity index (χ4v) is 4.28. The number of hydrogen-bond donors (Lipinski definition) is 0. The van der Waals surface area contributed by atoms with Crippen LogP contribution in [0.1, 0.15) is 34.5 Å². The predicted octanol–water partition coefficient (Wildman–Crippen LogP) is 3.97. The Labute approximate surface area is 172 Å². The molecule has 3 aromatic rings. The SMILES string of the molecule is COc1ccc2c(c1)CCN(C(=O)c1cn(CCN(C)C)c3ccccc13)C2C. The summed E-state index contributed by atoms with van der Waals surface area (Å²) < 4.78 is 7.57. The first-order valence-electron chi connectivity index (χ1n) is 10.2. The Morgan fingerprint density at radius 2 is 2.00 bits per heavy atom. The van der Waals surface area contributed by atoms with Crippen molar-refractivity contribution in [1.29, 1.82) is 0 Å². The van der Waals surface area contributed by atoms with Gasteiger partial charge in [0.1, 0.15) is 5.75 Å². The summed E-state index contributed by atoms with van der Waals surface area (Å²) >= 11 is 0. The van der Waals surface area contributed by atoms with Gasteiger partial charge in [0.15, 0.2) is 0 Å². The standard InChI is InChI=1S/C24H29N3O2/c1-17-20-10-9-19(29-4)15-18(20)11-12-27(17)24(28)22-16-26(14-13-25(2)3)23-8-6-5-7-21(22)23/h5-10,15-17H,11-14H2,1-4H3. The minimum atomic E-state index is 0.0426. The van der Waals surface area contributed by atoms with Gasteiger partial charge in [-0.1, -0.05) is 24.3 Å². The molecule has 0 spiro atoms. The Balaban J connectivity index is 1.67. The van der Waals surface area contributed by atoms with Crippen LogP contribution in [-0.4, -0.2) is 54.6 Å². The molecule has 1 aliphatic rings. The summed E-state index contributed by atoms with van der Waals surface area (Å²) in [5.74, 6) is 0.985. The van der Waals surface area contributed by atoms with Crippen molar-refractivity contribution in [2.24, 2.45) is 0 Å². The molecule has 0 N–H and O–H groups in total. The first kappa shape index (κ1) is 19.5. The number of carbonyl (C=O) groups excluding carboxylic acids is 1. The van der Waals surface area contributed by atoms with E-state index in [1.54, 1.807) is 7.11 Å². The van der Waals surface area contributed by atoms with Crippen molar-refractivity contribution >= 4 is 16.8 Å². The van der Waals surface area contributed by atoms with E-state index in [9.17, 15) is 4.79 Å². The van der Waals surface area contributed by atoms with Crippen LogP contribution in [0.2, 0.25) is 0 Å². The zero-order chi connectivity index (χ0) is 20.5. The van der Waals surface area contributed by atoms with E-state index in [1.165, 1.54) is 11.1 Å². The molecule has 2 aromatic carbocycles. The number of methoxy groups -OCH3 is 1. The van der Waals surface area contributed by atoms with Crippen LogP contribution in [0, 0.1) is 0 Å².